The third-order valence-corrected chi connectivity index (χ3v) is 3.21. The SMILES string of the molecule is C=C[C@H](c1c(F)c(F)cc(F)c1F)N1CCNCC1.Cl.Cl. The molecule has 0 bridgehead atoms. The van der Waals surface area contributed by atoms with Gasteiger partial charge in [0.05, 0.1) is 11.6 Å². The molecular formula is C13H16Cl2F4N2. The van der Waals surface area contributed by atoms with Gasteiger partial charge in [-0.1, -0.05) is 6.08 Å². The molecule has 1 aromatic carbocycles. The zero-order valence-electron chi connectivity index (χ0n) is 11.0. The van der Waals surface area contributed by atoms with Crippen molar-refractivity contribution in [2.24, 2.45) is 0 Å². The first-order valence-corrected chi connectivity index (χ1v) is 5.96. The van der Waals surface area contributed by atoms with E-state index in [1.165, 1.54) is 6.08 Å². The first-order valence-electron chi connectivity index (χ1n) is 5.96. The van der Waals surface area contributed by atoms with Crippen LogP contribution in [-0.4, -0.2) is 31.1 Å². The van der Waals surface area contributed by atoms with E-state index in [1.807, 2.05) is 0 Å². The topological polar surface area (TPSA) is 15.3 Å². The smallest absolute Gasteiger partial charge is 0.167 e. The molecule has 8 heteroatoms. The van der Waals surface area contributed by atoms with E-state index in [4.69, 9.17) is 0 Å². The quantitative estimate of drug-likeness (QED) is 0.513. The van der Waals surface area contributed by atoms with Crippen LogP contribution < -0.4 is 5.32 Å². The minimum absolute atomic E-state index is 0. The summed E-state index contributed by atoms with van der Waals surface area (Å²) in [5.74, 6) is -5.50. The van der Waals surface area contributed by atoms with Gasteiger partial charge < -0.3 is 5.32 Å². The van der Waals surface area contributed by atoms with Gasteiger partial charge >= 0.3 is 0 Å². The molecule has 0 saturated carbocycles. The van der Waals surface area contributed by atoms with Gasteiger partial charge in [-0.15, -0.1) is 31.4 Å². The Morgan fingerprint density at radius 2 is 1.52 bits per heavy atom. The third kappa shape index (κ3) is 4.10. The van der Waals surface area contributed by atoms with Crippen LogP contribution in [0.3, 0.4) is 0 Å². The number of nitrogens with one attached hydrogen (secondary N) is 1. The summed E-state index contributed by atoms with van der Waals surface area (Å²) in [5, 5.41) is 3.09. The average Bonchev–Trinajstić information content (AvgIpc) is 2.42. The zero-order chi connectivity index (χ0) is 14.0. The summed E-state index contributed by atoms with van der Waals surface area (Å²) >= 11 is 0. The lowest BCUT2D eigenvalue weighted by Gasteiger charge is -2.33. The monoisotopic (exact) mass is 346 g/mol. The van der Waals surface area contributed by atoms with E-state index in [1.54, 1.807) is 4.90 Å². The molecule has 1 atom stereocenters. The Bertz CT molecular complexity index is 467. The molecule has 0 radical (unpaired) electrons. The maximum atomic E-state index is 13.8. The highest BCUT2D eigenvalue weighted by Gasteiger charge is 2.29. The predicted molar refractivity (Wildman–Crippen MR) is 78.2 cm³/mol. The summed E-state index contributed by atoms with van der Waals surface area (Å²) in [4.78, 5) is 1.73. The molecule has 1 heterocycles. The summed E-state index contributed by atoms with van der Waals surface area (Å²) in [6, 6.07) is -0.668. The normalized spacial score (nSPS) is 16.6. The van der Waals surface area contributed by atoms with Crippen LogP contribution in [-0.2, 0) is 0 Å². The van der Waals surface area contributed by atoms with Crippen molar-refractivity contribution in [1.82, 2.24) is 10.2 Å². The molecule has 0 aliphatic carbocycles. The van der Waals surface area contributed by atoms with E-state index in [9.17, 15) is 17.6 Å². The van der Waals surface area contributed by atoms with Crippen LogP contribution in [0.5, 0.6) is 0 Å². The summed E-state index contributed by atoms with van der Waals surface area (Å²) in [5.41, 5.74) is -0.616. The van der Waals surface area contributed by atoms with E-state index < -0.39 is 34.9 Å². The Labute approximate surface area is 133 Å². The first-order chi connectivity index (χ1) is 9.06. The van der Waals surface area contributed by atoms with E-state index in [0.717, 1.165) is 0 Å². The fourth-order valence-electron chi connectivity index (χ4n) is 2.26. The summed E-state index contributed by atoms with van der Waals surface area (Å²) < 4.78 is 54.0. The third-order valence-electron chi connectivity index (χ3n) is 3.21. The summed E-state index contributed by atoms with van der Waals surface area (Å²) in [6.07, 6.45) is 1.30. The minimum atomic E-state index is -1.39. The molecule has 0 aromatic heterocycles. The van der Waals surface area contributed by atoms with Gasteiger partial charge in [0.2, 0.25) is 0 Å². The number of nitrogens with zero attached hydrogens (tertiary/aromatic N) is 1. The van der Waals surface area contributed by atoms with Gasteiger partial charge in [0.1, 0.15) is 0 Å². The van der Waals surface area contributed by atoms with Gasteiger partial charge in [-0.3, -0.25) is 4.90 Å². The molecule has 0 unspecified atom stereocenters. The molecule has 1 aliphatic heterocycles. The molecule has 0 spiro atoms. The van der Waals surface area contributed by atoms with E-state index in [2.05, 4.69) is 11.9 Å². The number of piperazine rings is 1. The Kier molecular flexibility index (Phi) is 8.25. The van der Waals surface area contributed by atoms with Crippen molar-refractivity contribution in [1.29, 1.82) is 0 Å². The maximum Gasteiger partial charge on any atom is 0.167 e. The van der Waals surface area contributed by atoms with Crippen molar-refractivity contribution < 1.29 is 17.6 Å². The molecule has 1 N–H and O–H groups in total. The van der Waals surface area contributed by atoms with Crippen LogP contribution in [0.25, 0.3) is 0 Å². The molecule has 1 aliphatic rings. The fourth-order valence-corrected chi connectivity index (χ4v) is 2.26. The molecule has 2 nitrogen and oxygen atoms in total. The molecule has 2 rings (SSSR count). The van der Waals surface area contributed by atoms with Gasteiger partial charge in [0.25, 0.3) is 0 Å². The molecule has 1 saturated heterocycles. The van der Waals surface area contributed by atoms with Crippen LogP contribution in [0.4, 0.5) is 17.6 Å². The second-order valence-corrected chi connectivity index (χ2v) is 4.35. The highest BCUT2D eigenvalue weighted by molar-refractivity contribution is 5.85. The Morgan fingerprint density at radius 1 is 1.05 bits per heavy atom. The average molecular weight is 347 g/mol. The van der Waals surface area contributed by atoms with Crippen LogP contribution in [0.1, 0.15) is 11.6 Å². The van der Waals surface area contributed by atoms with Crippen molar-refractivity contribution in [2.75, 3.05) is 26.2 Å². The Balaban J connectivity index is 0.00000200. The second kappa shape index (κ2) is 8.58. The van der Waals surface area contributed by atoms with Gasteiger partial charge in [0, 0.05) is 32.2 Å². The number of hydrogen-bond acceptors (Lipinski definition) is 2. The lowest BCUT2D eigenvalue weighted by molar-refractivity contribution is 0.195. The lowest BCUT2D eigenvalue weighted by atomic mass is 10.0. The molecular weight excluding hydrogens is 331 g/mol. The number of rotatable bonds is 3. The zero-order valence-corrected chi connectivity index (χ0v) is 12.7. The van der Waals surface area contributed by atoms with E-state index in [0.29, 0.717) is 26.2 Å². The Hall–Kier alpha value is -0.820. The van der Waals surface area contributed by atoms with Crippen molar-refractivity contribution in [3.8, 4) is 0 Å². The first kappa shape index (κ1) is 20.2. The van der Waals surface area contributed by atoms with Gasteiger partial charge in [-0.25, -0.2) is 17.6 Å². The molecule has 120 valence electrons. The molecule has 0 amide bonds. The minimum Gasteiger partial charge on any atom is -0.314 e. The summed E-state index contributed by atoms with van der Waals surface area (Å²) in [6.45, 7) is 5.85. The standard InChI is InChI=1S/C13H14F4N2.2ClH/c1-2-10(19-5-3-18-4-6-19)11-12(16)8(14)7-9(15)13(11)17;;/h2,7,10,18H,1,3-6H2;2*1H/t10-;;/m1../s1. The second-order valence-electron chi connectivity index (χ2n) is 4.35. The van der Waals surface area contributed by atoms with Gasteiger partial charge in [-0.2, -0.15) is 0 Å². The number of hydrogen-bond donors (Lipinski definition) is 1. The van der Waals surface area contributed by atoms with Crippen molar-refractivity contribution in [3.05, 3.63) is 47.6 Å². The maximum absolute atomic E-state index is 13.8. The molecule has 1 fully saturated rings. The van der Waals surface area contributed by atoms with Crippen molar-refractivity contribution >= 4 is 24.8 Å². The largest absolute Gasteiger partial charge is 0.314 e. The van der Waals surface area contributed by atoms with Crippen molar-refractivity contribution in [2.45, 2.75) is 6.04 Å². The van der Waals surface area contributed by atoms with Crippen LogP contribution in [0.15, 0.2) is 18.7 Å². The highest BCUT2D eigenvalue weighted by Crippen LogP contribution is 2.30. The highest BCUT2D eigenvalue weighted by atomic mass is 35.5. The summed E-state index contributed by atoms with van der Waals surface area (Å²) in [7, 11) is 0. The molecule has 1 aromatic rings. The van der Waals surface area contributed by atoms with Crippen LogP contribution >= 0.6 is 24.8 Å². The van der Waals surface area contributed by atoms with E-state index >= 15 is 0 Å². The fraction of sp³-hybridized carbons (Fsp3) is 0.385. The van der Waals surface area contributed by atoms with E-state index in [-0.39, 0.29) is 30.9 Å². The van der Waals surface area contributed by atoms with Gasteiger partial charge in [-0.05, 0) is 0 Å². The number of halogens is 6. The van der Waals surface area contributed by atoms with Gasteiger partial charge in [0.15, 0.2) is 23.3 Å². The lowest BCUT2D eigenvalue weighted by Crippen LogP contribution is -2.45. The predicted octanol–water partition coefficient (Wildman–Crippen LogP) is 3.22. The number of benzene rings is 1. The van der Waals surface area contributed by atoms with Crippen LogP contribution in [0, 0.1) is 23.3 Å². The van der Waals surface area contributed by atoms with Crippen molar-refractivity contribution in [3.63, 3.8) is 0 Å². The Morgan fingerprint density at radius 3 is 1.95 bits per heavy atom. The molecule has 21 heavy (non-hydrogen) atoms. The van der Waals surface area contributed by atoms with Crippen LogP contribution in [0.2, 0.25) is 0 Å².